The summed E-state index contributed by atoms with van der Waals surface area (Å²) in [6.07, 6.45) is 0. The Balaban J connectivity index is 1.53. The number of carbonyl (C=O) groups excluding carboxylic acids is 1. The number of nitrogens with zero attached hydrogens (tertiary/aromatic N) is 3. The van der Waals surface area contributed by atoms with Gasteiger partial charge >= 0.3 is 5.16 Å². The van der Waals surface area contributed by atoms with Crippen LogP contribution in [0, 0.1) is 0 Å². The lowest BCUT2D eigenvalue weighted by Gasteiger charge is -2.07. The van der Waals surface area contributed by atoms with E-state index in [1.807, 2.05) is 60.0 Å². The van der Waals surface area contributed by atoms with Crippen molar-refractivity contribution in [3.8, 4) is 28.6 Å². The van der Waals surface area contributed by atoms with Gasteiger partial charge in [0.15, 0.2) is 0 Å². The molecule has 4 rings (SSSR count). The molecule has 2 N–H and O–H groups in total. The quantitative estimate of drug-likeness (QED) is 0.149. The van der Waals surface area contributed by atoms with Crippen LogP contribution in [0.25, 0.3) is 17.1 Å². The molecule has 10 heteroatoms. The highest BCUT2D eigenvalue weighted by atomic mass is 35.5. The molecule has 8 nitrogen and oxygen atoms in total. The summed E-state index contributed by atoms with van der Waals surface area (Å²) in [6, 6.07) is 21.3. The van der Waals surface area contributed by atoms with Gasteiger partial charge in [0, 0.05) is 5.02 Å². The van der Waals surface area contributed by atoms with Crippen LogP contribution < -0.4 is 19.8 Å². The zero-order chi connectivity index (χ0) is 25.5. The second-order valence-electron chi connectivity index (χ2n) is 7.67. The number of ether oxygens (including phenoxy) is 1. The number of aromatic nitrogens is 3. The summed E-state index contributed by atoms with van der Waals surface area (Å²) >= 11 is 7.34. The number of halogens is 1. The fourth-order valence-electron chi connectivity index (χ4n) is 3.36. The number of thioether (sulfide) groups is 1. The first kappa shape index (κ1) is 25.3. The molecule has 1 heterocycles. The van der Waals surface area contributed by atoms with Gasteiger partial charge in [0.1, 0.15) is 11.4 Å². The van der Waals surface area contributed by atoms with Gasteiger partial charge in [-0.15, -0.1) is 10.8 Å². The molecule has 1 aromatic heterocycles. The number of hydrogen-bond acceptors (Lipinski definition) is 6. The zero-order valence-corrected chi connectivity index (χ0v) is 21.3. The van der Waals surface area contributed by atoms with Crippen LogP contribution in [0.5, 0.6) is 11.5 Å². The van der Waals surface area contributed by atoms with Gasteiger partial charge in [-0.1, -0.05) is 35.9 Å². The van der Waals surface area contributed by atoms with E-state index in [-0.39, 0.29) is 17.4 Å². The number of amides is 1. The van der Waals surface area contributed by atoms with E-state index in [2.05, 4.69) is 20.7 Å². The van der Waals surface area contributed by atoms with Crippen LogP contribution in [-0.2, 0) is 4.79 Å². The van der Waals surface area contributed by atoms with Crippen molar-refractivity contribution in [2.45, 2.75) is 19.0 Å². The van der Waals surface area contributed by atoms with E-state index in [4.69, 9.17) is 16.3 Å². The predicted molar refractivity (Wildman–Crippen MR) is 139 cm³/mol. The Morgan fingerprint density at radius 3 is 2.47 bits per heavy atom. The molecule has 0 radical (unpaired) electrons. The standard InChI is InChI=1S/C26H24ClN5O3S/c1-3-35-23-14-10-21(11-15-23)32-25(19-4-8-20(27)9-5-19)30-31-26(32)36-16-24(34)29-28-17(2)18-6-12-22(33)13-7-18/h4-15H,3,16H2,1-2H3,(H2,28,29,33,34). The number of hydrazone groups is 1. The minimum absolute atomic E-state index is 0.0789. The molecule has 0 aliphatic rings. The van der Waals surface area contributed by atoms with Crippen LogP contribution >= 0.6 is 23.4 Å². The highest BCUT2D eigenvalue weighted by Gasteiger charge is 2.24. The van der Waals surface area contributed by atoms with Crippen molar-refractivity contribution in [2.75, 3.05) is 12.4 Å². The van der Waals surface area contributed by atoms with E-state index in [1.54, 1.807) is 19.1 Å². The van der Waals surface area contributed by atoms with Crippen molar-refractivity contribution in [3.05, 3.63) is 83.4 Å². The minimum Gasteiger partial charge on any atom is -0.872 e. The average Bonchev–Trinajstić information content (AvgIpc) is 3.31. The molecule has 1 amide bonds. The molecule has 0 saturated heterocycles. The molecular formula is C26H24ClN5O3S. The topological polar surface area (TPSA) is 106 Å². The lowest BCUT2D eigenvalue weighted by molar-refractivity contribution is -0.625. The van der Waals surface area contributed by atoms with Gasteiger partial charge in [0.2, 0.25) is 0 Å². The molecule has 4 aromatic rings. The zero-order valence-electron chi connectivity index (χ0n) is 19.7. The summed E-state index contributed by atoms with van der Waals surface area (Å²) < 4.78 is 7.51. The van der Waals surface area contributed by atoms with Crippen molar-refractivity contribution in [2.24, 2.45) is 5.10 Å². The lowest BCUT2D eigenvalue weighted by atomic mass is 10.1. The Morgan fingerprint density at radius 1 is 1.11 bits per heavy atom. The van der Waals surface area contributed by atoms with Crippen molar-refractivity contribution in [3.63, 3.8) is 0 Å². The summed E-state index contributed by atoms with van der Waals surface area (Å²) in [5, 5.41) is 24.2. The maximum Gasteiger partial charge on any atom is 0.342 e. The fourth-order valence-corrected chi connectivity index (χ4v) is 4.25. The Morgan fingerprint density at radius 2 is 1.81 bits per heavy atom. The van der Waals surface area contributed by atoms with Gasteiger partial charge in [0.05, 0.1) is 28.7 Å². The van der Waals surface area contributed by atoms with Crippen LogP contribution in [0.15, 0.2) is 83.1 Å². The maximum atomic E-state index is 12.5. The fraction of sp³-hybridized carbons (Fsp3) is 0.154. The molecular weight excluding hydrogens is 498 g/mol. The third kappa shape index (κ3) is 6.24. The Kier molecular flexibility index (Phi) is 8.24. The molecule has 0 spiro atoms. The monoisotopic (exact) mass is 521 g/mol. The molecule has 0 saturated carbocycles. The second kappa shape index (κ2) is 11.7. The largest absolute Gasteiger partial charge is 0.872 e. The highest BCUT2D eigenvalue weighted by Crippen LogP contribution is 2.23. The van der Waals surface area contributed by atoms with Gasteiger partial charge in [0.25, 0.3) is 11.7 Å². The van der Waals surface area contributed by atoms with Gasteiger partial charge in [-0.3, -0.25) is 4.79 Å². The first-order chi connectivity index (χ1) is 17.4. The van der Waals surface area contributed by atoms with Crippen molar-refractivity contribution < 1.29 is 19.2 Å². The highest BCUT2D eigenvalue weighted by molar-refractivity contribution is 7.99. The third-order valence-electron chi connectivity index (χ3n) is 5.15. The molecule has 0 bridgehead atoms. The van der Waals surface area contributed by atoms with E-state index < -0.39 is 0 Å². The van der Waals surface area contributed by atoms with E-state index in [0.717, 1.165) is 28.4 Å². The van der Waals surface area contributed by atoms with Crippen molar-refractivity contribution >= 4 is 35.0 Å². The molecule has 184 valence electrons. The average molecular weight is 522 g/mol. The van der Waals surface area contributed by atoms with E-state index in [0.29, 0.717) is 22.5 Å². The van der Waals surface area contributed by atoms with Crippen LogP contribution in [0.3, 0.4) is 0 Å². The summed E-state index contributed by atoms with van der Waals surface area (Å²) in [7, 11) is 0. The molecule has 0 fully saturated rings. The number of aromatic amines is 1. The van der Waals surface area contributed by atoms with Crippen molar-refractivity contribution in [1.29, 1.82) is 0 Å². The first-order valence-electron chi connectivity index (χ1n) is 11.2. The normalized spacial score (nSPS) is 11.4. The summed E-state index contributed by atoms with van der Waals surface area (Å²) in [6.45, 7) is 4.28. The summed E-state index contributed by atoms with van der Waals surface area (Å²) in [5.41, 5.74) is 5.67. The smallest absolute Gasteiger partial charge is 0.342 e. The summed E-state index contributed by atoms with van der Waals surface area (Å²) in [4.78, 5) is 12.5. The number of benzene rings is 3. The number of hydrogen-bond donors (Lipinski definition) is 2. The number of H-pyrrole nitrogens is 1. The van der Waals surface area contributed by atoms with Crippen LogP contribution in [0.1, 0.15) is 19.4 Å². The van der Waals surface area contributed by atoms with Gasteiger partial charge in [-0.25, -0.2) is 5.43 Å². The van der Waals surface area contributed by atoms with E-state index in [9.17, 15) is 9.90 Å². The molecule has 0 atom stereocenters. The molecule has 0 aliphatic carbocycles. The van der Waals surface area contributed by atoms with E-state index >= 15 is 0 Å². The molecule has 0 unspecified atom stereocenters. The van der Waals surface area contributed by atoms with Gasteiger partial charge in [-0.05, 0) is 79.7 Å². The number of nitrogens with one attached hydrogen (secondary N) is 2. The Hall–Kier alpha value is -3.82. The predicted octanol–water partition coefficient (Wildman–Crippen LogP) is 4.11. The lowest BCUT2D eigenvalue weighted by Crippen LogP contribution is -2.34. The SMILES string of the molecule is CCOc1ccc(-[n+]2c(SCC(=O)NN=C(C)c3ccc([O-])cc3)n[nH]c2-c2ccc(Cl)cc2)cc1. The second-order valence-corrected chi connectivity index (χ2v) is 9.05. The number of rotatable bonds is 9. The maximum absolute atomic E-state index is 12.5. The van der Waals surface area contributed by atoms with Crippen molar-refractivity contribution in [1.82, 2.24) is 15.6 Å². The van der Waals surface area contributed by atoms with Crippen LogP contribution in [0.4, 0.5) is 0 Å². The van der Waals surface area contributed by atoms with Crippen LogP contribution in [-0.4, -0.2) is 34.2 Å². The Bertz CT molecular complexity index is 1350. The summed E-state index contributed by atoms with van der Waals surface area (Å²) in [5.74, 6) is 1.25. The molecule has 36 heavy (non-hydrogen) atoms. The van der Waals surface area contributed by atoms with E-state index in [1.165, 1.54) is 23.9 Å². The van der Waals surface area contributed by atoms with Crippen LogP contribution in [0.2, 0.25) is 5.02 Å². The Labute approximate surface area is 218 Å². The van der Waals surface area contributed by atoms with Gasteiger partial charge in [-0.2, -0.15) is 9.67 Å². The van der Waals surface area contributed by atoms with Gasteiger partial charge < -0.3 is 9.84 Å². The first-order valence-corrected chi connectivity index (χ1v) is 12.5. The third-order valence-corrected chi connectivity index (χ3v) is 6.34. The minimum atomic E-state index is -0.283. The number of carbonyl (C=O) groups is 1. The molecule has 3 aromatic carbocycles. The molecule has 0 aliphatic heterocycles.